The molecule has 0 spiro atoms. The topological polar surface area (TPSA) is 73.1 Å². The van der Waals surface area contributed by atoms with Gasteiger partial charge in [-0.3, -0.25) is 0 Å². The molecule has 136 valence electrons. The van der Waals surface area contributed by atoms with Crippen LogP contribution < -0.4 is 15.8 Å². The molecule has 26 heavy (non-hydrogen) atoms. The second kappa shape index (κ2) is 7.07. The summed E-state index contributed by atoms with van der Waals surface area (Å²) in [6.45, 7) is 5.39. The van der Waals surface area contributed by atoms with Crippen LogP contribution in [0.25, 0.3) is 10.9 Å². The fraction of sp³-hybridized carbons (Fsp3) is 0.263. The van der Waals surface area contributed by atoms with Crippen molar-refractivity contribution in [1.82, 2.24) is 9.97 Å². The molecule has 3 aromatic rings. The summed E-state index contributed by atoms with van der Waals surface area (Å²) in [6.07, 6.45) is 0. The van der Waals surface area contributed by atoms with Gasteiger partial charge in [0, 0.05) is 22.7 Å². The fourth-order valence-corrected chi connectivity index (χ4v) is 3.44. The molecule has 3 N–H and O–H groups in total. The average molecular weight is 419 g/mol. The SMILES string of the molecule is COc1cc2nc(C)nc(N[C@H](C)c3cc(N)cc(C)c3F)c2cc1Br. The number of nitrogens with two attached hydrogens (primary N) is 1. The molecule has 0 unspecified atom stereocenters. The van der Waals surface area contributed by atoms with Crippen molar-refractivity contribution in [3.8, 4) is 5.75 Å². The van der Waals surface area contributed by atoms with Gasteiger partial charge in [0.15, 0.2) is 0 Å². The largest absolute Gasteiger partial charge is 0.495 e. The molecule has 0 bridgehead atoms. The number of nitrogens with one attached hydrogen (secondary N) is 1. The lowest BCUT2D eigenvalue weighted by Crippen LogP contribution is -2.12. The number of aryl methyl sites for hydroxylation is 2. The summed E-state index contributed by atoms with van der Waals surface area (Å²) in [4.78, 5) is 8.97. The van der Waals surface area contributed by atoms with Gasteiger partial charge in [-0.05, 0) is 60.5 Å². The summed E-state index contributed by atoms with van der Waals surface area (Å²) in [5, 5.41) is 4.11. The Balaban J connectivity index is 2.07. The van der Waals surface area contributed by atoms with E-state index in [0.29, 0.717) is 34.2 Å². The lowest BCUT2D eigenvalue weighted by Gasteiger charge is -2.19. The summed E-state index contributed by atoms with van der Waals surface area (Å²) in [7, 11) is 1.60. The van der Waals surface area contributed by atoms with Crippen LogP contribution in [0.4, 0.5) is 15.9 Å². The number of halogens is 2. The number of nitrogens with zero attached hydrogens (tertiary/aromatic N) is 2. The molecule has 0 fully saturated rings. The van der Waals surface area contributed by atoms with Crippen molar-refractivity contribution in [3.05, 3.63) is 51.5 Å². The first kappa shape index (κ1) is 18.4. The van der Waals surface area contributed by atoms with Crippen molar-refractivity contribution in [2.24, 2.45) is 0 Å². The van der Waals surface area contributed by atoms with Gasteiger partial charge < -0.3 is 15.8 Å². The minimum atomic E-state index is -0.324. The second-order valence-electron chi connectivity index (χ2n) is 6.23. The molecule has 0 amide bonds. The molecule has 0 saturated heterocycles. The third-order valence-electron chi connectivity index (χ3n) is 4.21. The Kier molecular flexibility index (Phi) is 5.00. The predicted molar refractivity (Wildman–Crippen MR) is 106 cm³/mol. The summed E-state index contributed by atoms with van der Waals surface area (Å²) in [5.74, 6) is 1.66. The van der Waals surface area contributed by atoms with Gasteiger partial charge in [0.25, 0.3) is 0 Å². The van der Waals surface area contributed by atoms with Crippen molar-refractivity contribution in [2.75, 3.05) is 18.2 Å². The second-order valence-corrected chi connectivity index (χ2v) is 7.08. The zero-order valence-electron chi connectivity index (χ0n) is 15.0. The van der Waals surface area contributed by atoms with E-state index in [1.54, 1.807) is 26.2 Å². The highest BCUT2D eigenvalue weighted by Gasteiger charge is 2.17. The van der Waals surface area contributed by atoms with Crippen LogP contribution in [0.1, 0.15) is 29.9 Å². The molecule has 7 heteroatoms. The molecule has 0 aliphatic rings. The van der Waals surface area contributed by atoms with Gasteiger partial charge in [0.05, 0.1) is 23.1 Å². The number of rotatable bonds is 4. The Morgan fingerprint density at radius 1 is 1.19 bits per heavy atom. The van der Waals surface area contributed by atoms with Crippen molar-refractivity contribution in [3.63, 3.8) is 0 Å². The zero-order valence-corrected chi connectivity index (χ0v) is 16.6. The molecule has 1 aromatic heterocycles. The van der Waals surface area contributed by atoms with Crippen molar-refractivity contribution in [1.29, 1.82) is 0 Å². The molecular formula is C19H20BrFN4O. The van der Waals surface area contributed by atoms with Gasteiger partial charge in [-0.15, -0.1) is 0 Å². The Labute approximate surface area is 159 Å². The maximum Gasteiger partial charge on any atom is 0.138 e. The number of benzene rings is 2. The van der Waals surface area contributed by atoms with Crippen molar-refractivity contribution < 1.29 is 9.13 Å². The maximum absolute atomic E-state index is 14.5. The number of hydrogen-bond acceptors (Lipinski definition) is 5. The van der Waals surface area contributed by atoms with E-state index >= 15 is 0 Å². The van der Waals surface area contributed by atoms with Crippen LogP contribution in [0.2, 0.25) is 0 Å². The summed E-state index contributed by atoms with van der Waals surface area (Å²) in [6, 6.07) is 6.68. The smallest absolute Gasteiger partial charge is 0.138 e. The normalized spacial score (nSPS) is 12.2. The molecule has 1 atom stereocenters. The van der Waals surface area contributed by atoms with Gasteiger partial charge in [-0.1, -0.05) is 0 Å². The Morgan fingerprint density at radius 2 is 1.92 bits per heavy atom. The third-order valence-corrected chi connectivity index (χ3v) is 4.83. The van der Waals surface area contributed by atoms with Crippen LogP contribution >= 0.6 is 15.9 Å². The number of fused-ring (bicyclic) bond motifs is 1. The summed E-state index contributed by atoms with van der Waals surface area (Å²) < 4.78 is 20.7. The fourth-order valence-electron chi connectivity index (χ4n) is 2.94. The van der Waals surface area contributed by atoms with Gasteiger partial charge in [0.2, 0.25) is 0 Å². The first-order valence-corrected chi connectivity index (χ1v) is 8.93. The molecule has 0 aliphatic carbocycles. The van der Waals surface area contributed by atoms with E-state index in [1.807, 2.05) is 26.0 Å². The quantitative estimate of drug-likeness (QED) is 0.588. The van der Waals surface area contributed by atoms with E-state index in [0.717, 1.165) is 15.4 Å². The minimum absolute atomic E-state index is 0.267. The minimum Gasteiger partial charge on any atom is -0.495 e. The van der Waals surface area contributed by atoms with E-state index < -0.39 is 0 Å². The molecule has 0 aliphatic heterocycles. The van der Waals surface area contributed by atoms with Gasteiger partial charge >= 0.3 is 0 Å². The lowest BCUT2D eigenvalue weighted by molar-refractivity contribution is 0.412. The number of methoxy groups -OCH3 is 1. The molecule has 5 nitrogen and oxygen atoms in total. The highest BCUT2D eigenvalue weighted by Crippen LogP contribution is 2.34. The monoisotopic (exact) mass is 418 g/mol. The number of anilines is 2. The van der Waals surface area contributed by atoms with Crippen LogP contribution in [0, 0.1) is 19.7 Å². The van der Waals surface area contributed by atoms with Crippen LogP contribution in [0.3, 0.4) is 0 Å². The standard InChI is InChI=1S/C19H20BrFN4O/c1-9-5-12(22)6-13(18(9)21)10(2)23-19-14-7-15(20)17(26-4)8-16(14)24-11(3)25-19/h5-8,10H,22H2,1-4H3,(H,23,24,25)/t10-/m1/s1. The summed E-state index contributed by atoms with van der Waals surface area (Å²) in [5.41, 5.74) is 8.18. The number of nitrogen functional groups attached to an aromatic ring is 1. The Hall–Kier alpha value is -2.41. The summed E-state index contributed by atoms with van der Waals surface area (Å²) >= 11 is 3.49. The maximum atomic E-state index is 14.5. The van der Waals surface area contributed by atoms with Crippen LogP contribution in [0.5, 0.6) is 5.75 Å². The van der Waals surface area contributed by atoms with Crippen molar-refractivity contribution >= 4 is 38.3 Å². The molecular weight excluding hydrogens is 399 g/mol. The first-order valence-electron chi connectivity index (χ1n) is 8.14. The molecule has 0 saturated carbocycles. The highest BCUT2D eigenvalue weighted by molar-refractivity contribution is 9.10. The lowest BCUT2D eigenvalue weighted by atomic mass is 10.0. The van der Waals surface area contributed by atoms with E-state index in [1.165, 1.54) is 0 Å². The molecule has 1 heterocycles. The molecule has 2 aromatic carbocycles. The van der Waals surface area contributed by atoms with Crippen LogP contribution in [0.15, 0.2) is 28.7 Å². The highest BCUT2D eigenvalue weighted by atomic mass is 79.9. The number of aromatic nitrogens is 2. The first-order chi connectivity index (χ1) is 12.3. The third kappa shape index (κ3) is 3.44. The van der Waals surface area contributed by atoms with Crippen LogP contribution in [-0.4, -0.2) is 17.1 Å². The Morgan fingerprint density at radius 3 is 2.62 bits per heavy atom. The Bertz CT molecular complexity index is 993. The average Bonchev–Trinajstić information content (AvgIpc) is 2.58. The van der Waals surface area contributed by atoms with Crippen LogP contribution in [-0.2, 0) is 0 Å². The van der Waals surface area contributed by atoms with Gasteiger partial charge in [-0.25, -0.2) is 14.4 Å². The van der Waals surface area contributed by atoms with Gasteiger partial charge in [0.1, 0.15) is 23.2 Å². The predicted octanol–water partition coefficient (Wildman–Crippen LogP) is 4.91. The zero-order chi connectivity index (χ0) is 19.0. The van der Waals surface area contributed by atoms with Gasteiger partial charge in [-0.2, -0.15) is 0 Å². The van der Waals surface area contributed by atoms with E-state index in [9.17, 15) is 4.39 Å². The van der Waals surface area contributed by atoms with E-state index in [-0.39, 0.29) is 11.9 Å². The molecule has 3 rings (SSSR count). The number of hydrogen-bond donors (Lipinski definition) is 2. The van der Waals surface area contributed by atoms with E-state index in [4.69, 9.17) is 10.5 Å². The molecule has 0 radical (unpaired) electrons. The number of ether oxygens (including phenoxy) is 1. The van der Waals surface area contributed by atoms with E-state index in [2.05, 4.69) is 31.2 Å². The van der Waals surface area contributed by atoms with Crippen molar-refractivity contribution in [2.45, 2.75) is 26.8 Å².